The summed E-state index contributed by atoms with van der Waals surface area (Å²) in [6.45, 7) is 0.674. The molecule has 3 aromatic rings. The number of H-pyrrole nitrogens is 1. The molecule has 1 aliphatic heterocycles. The van der Waals surface area contributed by atoms with E-state index >= 15 is 4.39 Å². The number of hydrogen-bond donors (Lipinski definition) is 1. The van der Waals surface area contributed by atoms with Crippen molar-refractivity contribution in [3.05, 3.63) is 53.4 Å². The van der Waals surface area contributed by atoms with Crippen LogP contribution in [0.4, 0.5) is 4.39 Å². The highest BCUT2D eigenvalue weighted by molar-refractivity contribution is 7.13. The predicted molar refractivity (Wildman–Crippen MR) is 104 cm³/mol. The maximum atomic E-state index is 15.7. The lowest BCUT2D eigenvalue weighted by Gasteiger charge is -2.37. The SMILES string of the molecule is O=C(c1csc(-c2cn[nH]c2)c1)N1CCCC2CC(F)(c3cccnn3)CC21. The fourth-order valence-electron chi connectivity index (χ4n) is 4.63. The summed E-state index contributed by atoms with van der Waals surface area (Å²) in [5.74, 6) is 0.153. The third-order valence-corrected chi connectivity index (χ3v) is 6.94. The molecule has 6 nitrogen and oxygen atoms in total. The lowest BCUT2D eigenvalue weighted by molar-refractivity contribution is 0.0538. The van der Waals surface area contributed by atoms with Crippen molar-refractivity contribution in [2.45, 2.75) is 37.4 Å². The van der Waals surface area contributed by atoms with Crippen LogP contribution < -0.4 is 0 Å². The van der Waals surface area contributed by atoms with Crippen LogP contribution in [0.2, 0.25) is 0 Å². The second kappa shape index (κ2) is 6.77. The number of nitrogens with zero attached hydrogens (tertiary/aromatic N) is 4. The van der Waals surface area contributed by atoms with E-state index in [9.17, 15) is 4.79 Å². The molecule has 3 atom stereocenters. The minimum absolute atomic E-state index is 0.0101. The number of amides is 1. The molecule has 1 amide bonds. The van der Waals surface area contributed by atoms with Crippen LogP contribution in [0.15, 0.2) is 42.2 Å². The summed E-state index contributed by atoms with van der Waals surface area (Å²) in [5.41, 5.74) is 0.502. The molecule has 8 heteroatoms. The van der Waals surface area contributed by atoms with Crippen molar-refractivity contribution < 1.29 is 9.18 Å². The monoisotopic (exact) mass is 397 g/mol. The molecule has 2 aliphatic rings. The molecular weight excluding hydrogens is 377 g/mol. The van der Waals surface area contributed by atoms with Gasteiger partial charge in [-0.25, -0.2) is 4.39 Å². The van der Waals surface area contributed by atoms with Crippen LogP contribution in [-0.2, 0) is 5.67 Å². The Morgan fingerprint density at radius 2 is 2.32 bits per heavy atom. The van der Waals surface area contributed by atoms with Gasteiger partial charge in [0.2, 0.25) is 0 Å². The number of halogens is 1. The highest BCUT2D eigenvalue weighted by Gasteiger charge is 2.52. The molecule has 144 valence electrons. The topological polar surface area (TPSA) is 74.8 Å². The number of aromatic nitrogens is 4. The second-order valence-electron chi connectivity index (χ2n) is 7.64. The van der Waals surface area contributed by atoms with Crippen molar-refractivity contribution in [2.75, 3.05) is 6.54 Å². The van der Waals surface area contributed by atoms with E-state index in [0.717, 1.165) is 23.3 Å². The van der Waals surface area contributed by atoms with Crippen LogP contribution in [0.25, 0.3) is 10.4 Å². The van der Waals surface area contributed by atoms with Crippen LogP contribution in [0.1, 0.15) is 41.7 Å². The minimum Gasteiger partial charge on any atom is -0.335 e. The van der Waals surface area contributed by atoms with E-state index in [2.05, 4.69) is 20.4 Å². The summed E-state index contributed by atoms with van der Waals surface area (Å²) in [6, 6.07) is 5.23. The van der Waals surface area contributed by atoms with Gasteiger partial charge in [-0.1, -0.05) is 0 Å². The van der Waals surface area contributed by atoms with Crippen LogP contribution in [0, 0.1) is 5.92 Å². The van der Waals surface area contributed by atoms with Crippen molar-refractivity contribution in [1.29, 1.82) is 0 Å². The van der Waals surface area contributed by atoms with Gasteiger partial charge in [-0.2, -0.15) is 15.3 Å². The zero-order valence-electron chi connectivity index (χ0n) is 15.2. The van der Waals surface area contributed by atoms with Crippen LogP contribution in [-0.4, -0.2) is 43.8 Å². The average molecular weight is 397 g/mol. The molecule has 3 aromatic heterocycles. The Kier molecular flexibility index (Phi) is 4.23. The number of carbonyl (C=O) groups excluding carboxylic acids is 1. The molecule has 0 bridgehead atoms. The van der Waals surface area contributed by atoms with E-state index in [1.165, 1.54) is 11.3 Å². The van der Waals surface area contributed by atoms with Crippen molar-refractivity contribution in [3.63, 3.8) is 0 Å². The fourth-order valence-corrected chi connectivity index (χ4v) is 5.50. The minimum atomic E-state index is -1.51. The highest BCUT2D eigenvalue weighted by Crippen LogP contribution is 2.50. The van der Waals surface area contributed by atoms with Gasteiger partial charge in [0.25, 0.3) is 5.91 Å². The highest BCUT2D eigenvalue weighted by atomic mass is 32.1. The third kappa shape index (κ3) is 2.92. The van der Waals surface area contributed by atoms with E-state index in [4.69, 9.17) is 0 Å². The number of carbonyl (C=O) groups is 1. The van der Waals surface area contributed by atoms with Gasteiger partial charge in [0.1, 0.15) is 5.69 Å². The largest absolute Gasteiger partial charge is 0.335 e. The molecule has 1 aliphatic carbocycles. The van der Waals surface area contributed by atoms with Gasteiger partial charge < -0.3 is 4.90 Å². The van der Waals surface area contributed by atoms with Crippen LogP contribution >= 0.6 is 11.3 Å². The molecule has 0 spiro atoms. The molecule has 1 saturated heterocycles. The normalized spacial score (nSPS) is 27.0. The van der Waals surface area contributed by atoms with Gasteiger partial charge in [0.05, 0.1) is 11.8 Å². The standard InChI is InChI=1S/C20H20FN5OS/c21-20(18-4-1-5-22-25-18)8-13-3-2-6-26(16(13)9-20)19(27)14-7-17(28-12-14)15-10-23-24-11-15/h1,4-5,7,10-13,16H,2-3,6,8-9H2,(H,23,24). The first kappa shape index (κ1) is 17.5. The van der Waals surface area contributed by atoms with Crippen molar-refractivity contribution in [1.82, 2.24) is 25.3 Å². The molecule has 3 unspecified atom stereocenters. The molecule has 1 N–H and O–H groups in total. The first-order valence-electron chi connectivity index (χ1n) is 9.50. The lowest BCUT2D eigenvalue weighted by Crippen LogP contribution is -2.46. The number of aromatic amines is 1. The van der Waals surface area contributed by atoms with Crippen molar-refractivity contribution >= 4 is 17.2 Å². The second-order valence-corrected chi connectivity index (χ2v) is 8.55. The fraction of sp³-hybridized carbons (Fsp3) is 0.400. The maximum absolute atomic E-state index is 15.7. The number of nitrogens with one attached hydrogen (secondary N) is 1. The lowest BCUT2D eigenvalue weighted by atomic mass is 9.91. The van der Waals surface area contributed by atoms with Crippen LogP contribution in [0.5, 0.6) is 0 Å². The summed E-state index contributed by atoms with van der Waals surface area (Å²) in [6.07, 6.45) is 7.66. The number of likely N-dealkylation sites (tertiary alicyclic amines) is 1. The van der Waals surface area contributed by atoms with Gasteiger partial charge in [-0.05, 0) is 43.4 Å². The van der Waals surface area contributed by atoms with Gasteiger partial charge in [0.15, 0.2) is 5.67 Å². The van der Waals surface area contributed by atoms with Crippen molar-refractivity contribution in [3.8, 4) is 10.4 Å². The summed E-state index contributed by atoms with van der Waals surface area (Å²) < 4.78 is 15.7. The first-order chi connectivity index (χ1) is 13.6. The number of piperidine rings is 1. The van der Waals surface area contributed by atoms with Crippen LogP contribution in [0.3, 0.4) is 0 Å². The Balaban J connectivity index is 1.39. The first-order valence-corrected chi connectivity index (χ1v) is 10.4. The predicted octanol–water partition coefficient (Wildman–Crippen LogP) is 3.81. The van der Waals surface area contributed by atoms with Gasteiger partial charge in [-0.15, -0.1) is 11.3 Å². The summed E-state index contributed by atoms with van der Waals surface area (Å²) in [4.78, 5) is 16.1. The molecule has 4 heterocycles. The van der Waals surface area contributed by atoms with Gasteiger partial charge >= 0.3 is 0 Å². The zero-order valence-corrected chi connectivity index (χ0v) is 16.0. The van der Waals surface area contributed by atoms with E-state index in [-0.39, 0.29) is 17.9 Å². The Labute approximate surface area is 165 Å². The molecular formula is C20H20FN5OS. The zero-order chi connectivity index (χ0) is 19.1. The molecule has 1 saturated carbocycles. The maximum Gasteiger partial charge on any atom is 0.254 e. The quantitative estimate of drug-likeness (QED) is 0.729. The Morgan fingerprint density at radius 1 is 1.39 bits per heavy atom. The van der Waals surface area contributed by atoms with Gasteiger partial charge in [-0.3, -0.25) is 9.89 Å². The van der Waals surface area contributed by atoms with E-state index in [0.29, 0.717) is 30.6 Å². The van der Waals surface area contributed by atoms with E-state index in [1.54, 1.807) is 24.5 Å². The summed E-state index contributed by atoms with van der Waals surface area (Å²) >= 11 is 1.52. The van der Waals surface area contributed by atoms with Crippen molar-refractivity contribution in [2.24, 2.45) is 5.92 Å². The molecule has 5 rings (SSSR count). The summed E-state index contributed by atoms with van der Waals surface area (Å²) in [7, 11) is 0. The number of hydrogen-bond acceptors (Lipinski definition) is 5. The van der Waals surface area contributed by atoms with E-state index in [1.807, 2.05) is 22.5 Å². The smallest absolute Gasteiger partial charge is 0.254 e. The number of fused-ring (bicyclic) bond motifs is 1. The summed E-state index contributed by atoms with van der Waals surface area (Å²) in [5, 5.41) is 16.5. The van der Waals surface area contributed by atoms with E-state index < -0.39 is 5.67 Å². The molecule has 2 fully saturated rings. The van der Waals surface area contributed by atoms with Gasteiger partial charge in [0, 0.05) is 47.2 Å². The Hall–Kier alpha value is -2.61. The number of alkyl halides is 1. The number of rotatable bonds is 3. The molecule has 0 aromatic carbocycles. The third-order valence-electron chi connectivity index (χ3n) is 5.96. The Bertz CT molecular complexity index is 976. The average Bonchev–Trinajstić information content (AvgIpc) is 3.46. The molecule has 28 heavy (non-hydrogen) atoms. The Morgan fingerprint density at radius 3 is 3.11 bits per heavy atom. The number of thiophene rings is 1. The molecule has 0 radical (unpaired) electrons.